The Kier molecular flexibility index (Phi) is 72.9. The van der Waals surface area contributed by atoms with Gasteiger partial charge in [0.25, 0.3) is 0 Å². The van der Waals surface area contributed by atoms with Gasteiger partial charge >= 0.3 is 19.8 Å². The Labute approximate surface area is 604 Å². The van der Waals surface area contributed by atoms with Gasteiger partial charge in [-0.05, 0) is 128 Å². The molecule has 0 aliphatic heterocycles. The molecule has 0 fully saturated rings. The molecule has 0 spiro atoms. The number of likely N-dealkylation sites (N-methyl/N-ethyl adjacent to an activating group) is 1. The molecule has 0 bridgehead atoms. The van der Waals surface area contributed by atoms with E-state index in [1.54, 1.807) is 0 Å². The number of rotatable bonds is 72. The number of phosphoric acid groups is 1. The third kappa shape index (κ3) is 80.3. The number of allylic oxidation sites excluding steroid dienone is 28. The molecule has 0 aromatic carbocycles. The van der Waals surface area contributed by atoms with E-state index >= 15 is 0 Å². The van der Waals surface area contributed by atoms with Gasteiger partial charge < -0.3 is 18.9 Å². The Morgan fingerprint density at radius 2 is 0.551 bits per heavy atom. The van der Waals surface area contributed by atoms with Crippen LogP contribution in [0.5, 0.6) is 0 Å². The van der Waals surface area contributed by atoms with E-state index in [9.17, 15) is 19.0 Å². The lowest BCUT2D eigenvalue weighted by Gasteiger charge is -2.24. The molecule has 1 N–H and O–H groups in total. The highest BCUT2D eigenvalue weighted by Gasteiger charge is 2.27. The maximum absolute atomic E-state index is 12.9. The number of hydrogen-bond acceptors (Lipinski definition) is 7. The van der Waals surface area contributed by atoms with E-state index in [0.29, 0.717) is 17.4 Å². The molecule has 2 unspecified atom stereocenters. The van der Waals surface area contributed by atoms with Crippen LogP contribution >= 0.6 is 7.82 Å². The van der Waals surface area contributed by atoms with Crippen molar-refractivity contribution in [1.29, 1.82) is 0 Å². The second-order valence-corrected chi connectivity index (χ2v) is 28.8. The van der Waals surface area contributed by atoms with E-state index in [-0.39, 0.29) is 32.0 Å². The molecule has 0 heterocycles. The molecule has 0 rings (SSSR count). The standard InChI is InChI=1S/C88H148NO8P/c1-6-8-10-12-14-16-18-20-22-24-26-28-30-32-34-36-38-40-41-42-43-44-45-46-47-49-50-52-54-56-58-60-62-64-66-68-70-72-74-76-78-80-87(90)94-84-86(85-96-98(92,93)95-83-82-89(3,4)5)97-88(91)81-79-77-75-73-71-69-67-65-63-61-59-57-55-53-51-48-39-37-35-33-31-29-27-25-23-21-19-17-15-13-11-9-7-2/h8-11,14-17,20-23,26-29,32-35,38-40,48,53,55,59,61,86H,6-7,12-13,18-19,24-25,30-31,36-37,41-47,49-52,54,56-58,60,62-85H2,1-5H3/p+1/b10-8-,11-9-,16-14-,17-15-,22-20-,23-21-,28-26-,29-27-,34-32-,35-33-,40-38-,48-39-,55-53-,61-59-. The first kappa shape index (κ1) is 93.4. The van der Waals surface area contributed by atoms with Crippen LogP contribution in [-0.2, 0) is 32.7 Å². The lowest BCUT2D eigenvalue weighted by Crippen LogP contribution is -2.37. The minimum atomic E-state index is -4.41. The summed E-state index contributed by atoms with van der Waals surface area (Å²) in [6, 6.07) is 0. The first-order chi connectivity index (χ1) is 48.0. The van der Waals surface area contributed by atoms with Crippen LogP contribution in [0.4, 0.5) is 0 Å². The number of quaternary nitrogens is 1. The Hall–Kier alpha value is -4.63. The van der Waals surface area contributed by atoms with Crippen molar-refractivity contribution in [2.45, 2.75) is 328 Å². The van der Waals surface area contributed by atoms with Crippen molar-refractivity contribution in [3.05, 3.63) is 170 Å². The Morgan fingerprint density at radius 3 is 0.816 bits per heavy atom. The Balaban J connectivity index is 4.00. The molecule has 10 heteroatoms. The van der Waals surface area contributed by atoms with Crippen molar-refractivity contribution in [2.75, 3.05) is 47.5 Å². The fraction of sp³-hybridized carbons (Fsp3) is 0.659. The van der Waals surface area contributed by atoms with Crippen molar-refractivity contribution in [2.24, 2.45) is 0 Å². The largest absolute Gasteiger partial charge is 0.472 e. The van der Waals surface area contributed by atoms with Crippen molar-refractivity contribution in [3.8, 4) is 0 Å². The van der Waals surface area contributed by atoms with E-state index in [0.717, 1.165) is 135 Å². The minimum absolute atomic E-state index is 0.0238. The minimum Gasteiger partial charge on any atom is -0.462 e. The van der Waals surface area contributed by atoms with Gasteiger partial charge in [0.1, 0.15) is 19.8 Å². The summed E-state index contributed by atoms with van der Waals surface area (Å²) in [5, 5.41) is 0. The van der Waals surface area contributed by atoms with Crippen LogP contribution in [0.25, 0.3) is 0 Å². The van der Waals surface area contributed by atoms with Crippen LogP contribution in [0.1, 0.15) is 322 Å². The van der Waals surface area contributed by atoms with Gasteiger partial charge in [-0.3, -0.25) is 18.6 Å². The van der Waals surface area contributed by atoms with Crippen molar-refractivity contribution in [1.82, 2.24) is 0 Å². The van der Waals surface area contributed by atoms with Gasteiger partial charge in [-0.15, -0.1) is 0 Å². The van der Waals surface area contributed by atoms with Gasteiger partial charge in [-0.1, -0.05) is 351 Å². The molecule has 0 saturated carbocycles. The van der Waals surface area contributed by atoms with Gasteiger partial charge in [-0.25, -0.2) is 4.57 Å². The number of carbonyl (C=O) groups excluding carboxylic acids is 2. The molecule has 0 aromatic heterocycles. The molecule has 0 amide bonds. The Morgan fingerprint density at radius 1 is 0.316 bits per heavy atom. The maximum Gasteiger partial charge on any atom is 0.472 e. The van der Waals surface area contributed by atoms with E-state index in [1.165, 1.54) is 154 Å². The third-order valence-corrected chi connectivity index (χ3v) is 17.7. The van der Waals surface area contributed by atoms with E-state index in [4.69, 9.17) is 18.5 Å². The molecule has 0 aromatic rings. The summed E-state index contributed by atoms with van der Waals surface area (Å²) in [6.45, 7) is 4.21. The summed E-state index contributed by atoms with van der Waals surface area (Å²) < 4.78 is 34.8. The monoisotopic (exact) mass is 1380 g/mol. The molecule has 0 saturated heterocycles. The van der Waals surface area contributed by atoms with E-state index in [1.807, 2.05) is 21.1 Å². The highest BCUT2D eigenvalue weighted by atomic mass is 31.2. The first-order valence-electron chi connectivity index (χ1n) is 39.9. The molecule has 558 valence electrons. The average molecular weight is 1380 g/mol. The summed E-state index contributed by atoms with van der Waals surface area (Å²) in [7, 11) is 1.46. The molecule has 98 heavy (non-hydrogen) atoms. The van der Waals surface area contributed by atoms with Gasteiger partial charge in [0, 0.05) is 12.8 Å². The van der Waals surface area contributed by atoms with Gasteiger partial charge in [0.2, 0.25) is 0 Å². The first-order valence-corrected chi connectivity index (χ1v) is 41.4. The number of unbranched alkanes of at least 4 members (excludes halogenated alkanes) is 30. The molecule has 9 nitrogen and oxygen atoms in total. The smallest absolute Gasteiger partial charge is 0.462 e. The quantitative estimate of drug-likeness (QED) is 0.0211. The maximum atomic E-state index is 12.9. The van der Waals surface area contributed by atoms with Gasteiger partial charge in [0.05, 0.1) is 27.7 Å². The average Bonchev–Trinajstić information content (AvgIpc) is 1.08. The van der Waals surface area contributed by atoms with Crippen LogP contribution in [0.15, 0.2) is 170 Å². The van der Waals surface area contributed by atoms with Crippen molar-refractivity contribution in [3.63, 3.8) is 0 Å². The van der Waals surface area contributed by atoms with Crippen LogP contribution < -0.4 is 0 Å². The summed E-state index contributed by atoms with van der Waals surface area (Å²) in [5.74, 6) is -0.805. The number of nitrogens with zero attached hydrogens (tertiary/aromatic N) is 1. The fourth-order valence-electron chi connectivity index (χ4n) is 10.7. The fourth-order valence-corrected chi connectivity index (χ4v) is 11.5. The van der Waals surface area contributed by atoms with Crippen LogP contribution in [0.3, 0.4) is 0 Å². The highest BCUT2D eigenvalue weighted by molar-refractivity contribution is 7.47. The lowest BCUT2D eigenvalue weighted by atomic mass is 10.0. The zero-order valence-electron chi connectivity index (χ0n) is 63.7. The molecule has 0 radical (unpaired) electrons. The van der Waals surface area contributed by atoms with E-state index in [2.05, 4.69) is 184 Å². The highest BCUT2D eigenvalue weighted by Crippen LogP contribution is 2.43. The normalized spacial score (nSPS) is 14.0. The number of ether oxygens (including phenoxy) is 2. The molecule has 2 atom stereocenters. The second kappa shape index (κ2) is 76.5. The van der Waals surface area contributed by atoms with Gasteiger partial charge in [-0.2, -0.15) is 0 Å². The van der Waals surface area contributed by atoms with Crippen molar-refractivity contribution >= 4 is 19.8 Å². The van der Waals surface area contributed by atoms with Crippen LogP contribution in [0.2, 0.25) is 0 Å². The third-order valence-electron chi connectivity index (χ3n) is 16.7. The van der Waals surface area contributed by atoms with Crippen LogP contribution in [0, 0.1) is 0 Å². The number of phosphoric ester groups is 1. The molecular weight excluding hydrogens is 1230 g/mol. The summed E-state index contributed by atoms with van der Waals surface area (Å²) in [5.41, 5.74) is 0. The summed E-state index contributed by atoms with van der Waals surface area (Å²) in [4.78, 5) is 36.0. The lowest BCUT2D eigenvalue weighted by molar-refractivity contribution is -0.870. The van der Waals surface area contributed by atoms with Crippen LogP contribution in [-0.4, -0.2) is 74.9 Å². The SMILES string of the molecule is CC/C=C\C/C=C\C/C=C\C/C=C\C/C=C\C/C=C\C/C=C\C/C=C\CCCCCCCCCCC(=O)OC(COC(=O)CCCCCCCCCCCCCCCCCCCCCCCC/C=C\C/C=C\C/C=C\C/C=C\C/C=C\C/C=C\CC)COP(=O)(O)OCC[N+](C)(C)C. The predicted molar refractivity (Wildman–Crippen MR) is 426 cm³/mol. The zero-order chi connectivity index (χ0) is 71.1. The number of hydrogen-bond donors (Lipinski definition) is 1. The van der Waals surface area contributed by atoms with Gasteiger partial charge in [0.15, 0.2) is 6.10 Å². The Bertz CT molecular complexity index is 2270. The number of carbonyl (C=O) groups is 2. The summed E-state index contributed by atoms with van der Waals surface area (Å²) >= 11 is 0. The second-order valence-electron chi connectivity index (χ2n) is 27.3. The number of esters is 2. The predicted octanol–water partition coefficient (Wildman–Crippen LogP) is 26.8. The topological polar surface area (TPSA) is 108 Å². The summed E-state index contributed by atoms with van der Waals surface area (Å²) in [6.07, 6.45) is 116. The van der Waals surface area contributed by atoms with Crippen molar-refractivity contribution < 1.29 is 42.1 Å². The molecular formula is C88H149NO8P+. The molecule has 0 aliphatic rings. The van der Waals surface area contributed by atoms with E-state index < -0.39 is 26.5 Å². The molecule has 0 aliphatic carbocycles. The zero-order valence-corrected chi connectivity index (χ0v) is 64.6.